The predicted octanol–water partition coefficient (Wildman–Crippen LogP) is 3.12. The molecule has 0 spiro atoms. The molecular weight excluding hydrogens is 364 g/mol. The number of nitrogens with one attached hydrogen (secondary N) is 1. The smallest absolute Gasteiger partial charge is 0.230 e. The van der Waals surface area contributed by atoms with Crippen molar-refractivity contribution >= 4 is 17.7 Å². The highest BCUT2D eigenvalue weighted by Gasteiger charge is 2.23. The van der Waals surface area contributed by atoms with E-state index in [4.69, 9.17) is 9.15 Å². The van der Waals surface area contributed by atoms with E-state index in [9.17, 15) is 4.79 Å². The molecule has 4 rings (SSSR count). The quantitative estimate of drug-likeness (QED) is 0.681. The molecule has 0 aliphatic carbocycles. The summed E-state index contributed by atoms with van der Waals surface area (Å²) in [4.78, 5) is 12.5. The molecule has 1 unspecified atom stereocenters. The molecule has 0 saturated heterocycles. The highest BCUT2D eigenvalue weighted by Crippen LogP contribution is 2.31. The summed E-state index contributed by atoms with van der Waals surface area (Å²) in [5.74, 6) is 2.59. The number of furan rings is 1. The zero-order valence-corrected chi connectivity index (χ0v) is 16.0. The Balaban J connectivity index is 1.40. The molecule has 1 aliphatic rings. The van der Waals surface area contributed by atoms with Gasteiger partial charge >= 0.3 is 0 Å². The monoisotopic (exact) mass is 384 g/mol. The number of fused-ring (bicyclic) bond motifs is 1. The van der Waals surface area contributed by atoms with Crippen molar-refractivity contribution in [1.82, 2.24) is 20.1 Å². The Hall–Kier alpha value is -2.74. The Kier molecular flexibility index (Phi) is 4.89. The van der Waals surface area contributed by atoms with Crippen LogP contribution in [0.25, 0.3) is 11.4 Å². The summed E-state index contributed by atoms with van der Waals surface area (Å²) in [6.45, 7) is 2.49. The molecule has 140 valence electrons. The molecule has 0 radical (unpaired) electrons. The number of ether oxygens (including phenoxy) is 1. The van der Waals surface area contributed by atoms with E-state index in [0.717, 1.165) is 34.9 Å². The second-order valence-electron chi connectivity index (χ2n) is 6.34. The molecular formula is C19H20N4O3S. The molecule has 3 heterocycles. The number of amides is 1. The highest BCUT2D eigenvalue weighted by atomic mass is 32.2. The Morgan fingerprint density at radius 1 is 1.33 bits per heavy atom. The van der Waals surface area contributed by atoms with Crippen LogP contribution in [-0.4, -0.2) is 33.0 Å². The highest BCUT2D eigenvalue weighted by molar-refractivity contribution is 7.99. The summed E-state index contributed by atoms with van der Waals surface area (Å²) in [7, 11) is 1.89. The van der Waals surface area contributed by atoms with Crippen molar-refractivity contribution in [3.05, 3.63) is 47.9 Å². The van der Waals surface area contributed by atoms with E-state index in [0.29, 0.717) is 11.8 Å². The van der Waals surface area contributed by atoms with Crippen molar-refractivity contribution in [3.63, 3.8) is 0 Å². The Bertz CT molecular complexity index is 966. The maximum Gasteiger partial charge on any atom is 0.230 e. The van der Waals surface area contributed by atoms with Crippen LogP contribution in [0.4, 0.5) is 0 Å². The Labute approximate surface area is 161 Å². The van der Waals surface area contributed by atoms with Crippen molar-refractivity contribution in [2.75, 3.05) is 12.4 Å². The minimum absolute atomic E-state index is 0.0216. The number of hydrogen-bond acceptors (Lipinski definition) is 6. The number of benzene rings is 1. The first-order chi connectivity index (χ1) is 13.1. The number of carbonyl (C=O) groups is 1. The predicted molar refractivity (Wildman–Crippen MR) is 102 cm³/mol. The summed E-state index contributed by atoms with van der Waals surface area (Å²) in [6.07, 6.45) is 2.40. The molecule has 1 aromatic carbocycles. The second kappa shape index (κ2) is 7.48. The normalized spacial score (nSPS) is 15.9. The van der Waals surface area contributed by atoms with Gasteiger partial charge in [0.05, 0.1) is 30.2 Å². The van der Waals surface area contributed by atoms with Gasteiger partial charge < -0.3 is 19.0 Å². The fourth-order valence-corrected chi connectivity index (χ4v) is 3.87. The molecule has 0 bridgehead atoms. The Morgan fingerprint density at radius 3 is 3.00 bits per heavy atom. The first-order valence-electron chi connectivity index (χ1n) is 8.71. The van der Waals surface area contributed by atoms with E-state index in [2.05, 4.69) is 15.5 Å². The van der Waals surface area contributed by atoms with E-state index in [1.165, 1.54) is 11.8 Å². The molecule has 8 heteroatoms. The molecule has 3 aromatic rings. The fraction of sp³-hybridized carbons (Fsp3) is 0.316. The van der Waals surface area contributed by atoms with Gasteiger partial charge in [0, 0.05) is 19.0 Å². The first-order valence-corrected chi connectivity index (χ1v) is 9.70. The summed E-state index contributed by atoms with van der Waals surface area (Å²) in [5.41, 5.74) is 1.93. The topological polar surface area (TPSA) is 82.2 Å². The Morgan fingerprint density at radius 2 is 2.19 bits per heavy atom. The standard InChI is InChI=1S/C19H20N4O3S/c1-12-13(7-9-25-12)18-21-22-19(23(18)2)27-11-17(24)20-15-8-10-26-16-6-4-3-5-14(15)16/h3-7,9,15H,8,10-11H2,1-2H3,(H,20,24). The second-order valence-corrected chi connectivity index (χ2v) is 7.28. The van der Waals surface area contributed by atoms with E-state index >= 15 is 0 Å². The van der Waals surface area contributed by atoms with Crippen LogP contribution in [0, 0.1) is 6.92 Å². The van der Waals surface area contributed by atoms with Crippen molar-refractivity contribution in [1.29, 1.82) is 0 Å². The zero-order chi connectivity index (χ0) is 18.8. The molecule has 1 aliphatic heterocycles. The number of aryl methyl sites for hydroxylation is 1. The maximum absolute atomic E-state index is 12.5. The third-order valence-corrected chi connectivity index (χ3v) is 5.58. The van der Waals surface area contributed by atoms with Crippen LogP contribution in [0.3, 0.4) is 0 Å². The van der Waals surface area contributed by atoms with Crippen LogP contribution >= 0.6 is 11.8 Å². The fourth-order valence-electron chi connectivity index (χ4n) is 3.15. The van der Waals surface area contributed by atoms with Gasteiger partial charge in [-0.15, -0.1) is 10.2 Å². The number of para-hydroxylation sites is 1. The van der Waals surface area contributed by atoms with Crippen molar-refractivity contribution in [2.24, 2.45) is 7.05 Å². The zero-order valence-electron chi connectivity index (χ0n) is 15.1. The third kappa shape index (κ3) is 3.57. The summed E-state index contributed by atoms with van der Waals surface area (Å²) < 4.78 is 12.8. The van der Waals surface area contributed by atoms with Crippen LogP contribution in [0.2, 0.25) is 0 Å². The lowest BCUT2D eigenvalue weighted by Crippen LogP contribution is -2.33. The lowest BCUT2D eigenvalue weighted by Gasteiger charge is -2.26. The van der Waals surface area contributed by atoms with Crippen LogP contribution in [0.15, 0.2) is 46.2 Å². The van der Waals surface area contributed by atoms with Gasteiger partial charge in [0.15, 0.2) is 11.0 Å². The van der Waals surface area contributed by atoms with Gasteiger partial charge in [0.25, 0.3) is 0 Å². The van der Waals surface area contributed by atoms with Crippen molar-refractivity contribution in [2.45, 2.75) is 24.5 Å². The van der Waals surface area contributed by atoms with E-state index in [1.807, 2.05) is 48.9 Å². The van der Waals surface area contributed by atoms with Crippen molar-refractivity contribution < 1.29 is 13.9 Å². The molecule has 1 amide bonds. The van der Waals surface area contributed by atoms with Gasteiger partial charge in [-0.1, -0.05) is 30.0 Å². The number of hydrogen-bond donors (Lipinski definition) is 1. The van der Waals surface area contributed by atoms with Crippen LogP contribution in [0.1, 0.15) is 23.8 Å². The number of carbonyl (C=O) groups excluding carboxylic acids is 1. The van der Waals surface area contributed by atoms with Gasteiger partial charge in [0.2, 0.25) is 5.91 Å². The van der Waals surface area contributed by atoms with Crippen LogP contribution in [-0.2, 0) is 11.8 Å². The minimum atomic E-state index is -0.0363. The van der Waals surface area contributed by atoms with Crippen LogP contribution < -0.4 is 10.1 Å². The van der Waals surface area contributed by atoms with Gasteiger partial charge in [-0.25, -0.2) is 0 Å². The third-order valence-electron chi connectivity index (χ3n) is 4.56. The summed E-state index contributed by atoms with van der Waals surface area (Å²) >= 11 is 1.36. The molecule has 1 atom stereocenters. The maximum atomic E-state index is 12.5. The summed E-state index contributed by atoms with van der Waals surface area (Å²) in [6, 6.07) is 9.66. The summed E-state index contributed by atoms with van der Waals surface area (Å²) in [5, 5.41) is 12.2. The molecule has 0 fully saturated rings. The average Bonchev–Trinajstić information content (AvgIpc) is 3.25. The lowest BCUT2D eigenvalue weighted by molar-refractivity contribution is -0.119. The molecule has 0 saturated carbocycles. The lowest BCUT2D eigenvalue weighted by atomic mass is 10.0. The molecule has 7 nitrogen and oxygen atoms in total. The SMILES string of the molecule is Cc1occc1-c1nnc(SCC(=O)NC2CCOc3ccccc32)n1C. The van der Waals surface area contributed by atoms with Gasteiger partial charge in [0.1, 0.15) is 11.5 Å². The number of aromatic nitrogens is 3. The minimum Gasteiger partial charge on any atom is -0.493 e. The molecule has 1 N–H and O–H groups in total. The number of rotatable bonds is 5. The van der Waals surface area contributed by atoms with Gasteiger partial charge in [-0.3, -0.25) is 4.79 Å². The van der Waals surface area contributed by atoms with Crippen LogP contribution in [0.5, 0.6) is 5.75 Å². The van der Waals surface area contributed by atoms with E-state index < -0.39 is 0 Å². The first kappa shape index (κ1) is 17.7. The number of thioether (sulfide) groups is 1. The average molecular weight is 384 g/mol. The molecule has 27 heavy (non-hydrogen) atoms. The van der Waals surface area contributed by atoms with E-state index in [1.54, 1.807) is 6.26 Å². The largest absolute Gasteiger partial charge is 0.493 e. The molecule has 2 aromatic heterocycles. The van der Waals surface area contributed by atoms with Crippen molar-refractivity contribution in [3.8, 4) is 17.1 Å². The van der Waals surface area contributed by atoms with Gasteiger partial charge in [-0.2, -0.15) is 0 Å². The number of nitrogens with zero attached hydrogens (tertiary/aromatic N) is 3. The van der Waals surface area contributed by atoms with Gasteiger partial charge in [-0.05, 0) is 19.1 Å². The van der Waals surface area contributed by atoms with E-state index in [-0.39, 0.29) is 17.7 Å².